The summed E-state index contributed by atoms with van der Waals surface area (Å²) in [6.07, 6.45) is 0. The van der Waals surface area contributed by atoms with Crippen molar-refractivity contribution >= 4 is 23.2 Å². The van der Waals surface area contributed by atoms with Crippen LogP contribution in [0.1, 0.15) is 15.5 Å². The van der Waals surface area contributed by atoms with E-state index in [-0.39, 0.29) is 31.5 Å². The van der Waals surface area contributed by atoms with Crippen LogP contribution in [0, 0.1) is 6.92 Å². The molecule has 1 spiro atoms. The zero-order valence-corrected chi connectivity index (χ0v) is 17.0. The molecule has 2 aromatic rings. The van der Waals surface area contributed by atoms with Crippen molar-refractivity contribution in [1.82, 2.24) is 14.8 Å². The maximum Gasteiger partial charge on any atom is 0.273 e. The molecule has 2 aliphatic rings. The maximum atomic E-state index is 12.8. The van der Waals surface area contributed by atoms with Crippen molar-refractivity contribution in [3.05, 3.63) is 46.4 Å². The summed E-state index contributed by atoms with van der Waals surface area (Å²) in [6.45, 7) is 3.93. The van der Waals surface area contributed by atoms with E-state index in [1.165, 1.54) is 11.3 Å². The van der Waals surface area contributed by atoms with Crippen LogP contribution in [0.3, 0.4) is 0 Å². The van der Waals surface area contributed by atoms with Gasteiger partial charge in [0.15, 0.2) is 6.61 Å². The minimum atomic E-state index is -1.01. The molecule has 2 saturated heterocycles. The third-order valence-electron chi connectivity index (χ3n) is 4.90. The Balaban J connectivity index is 1.38. The second kappa shape index (κ2) is 8.48. The van der Waals surface area contributed by atoms with Crippen LogP contribution < -0.4 is 4.74 Å². The Bertz CT molecular complexity index is 870. The quantitative estimate of drug-likeness (QED) is 0.751. The molecule has 1 unspecified atom stereocenters. The Kier molecular flexibility index (Phi) is 5.79. The highest BCUT2D eigenvalue weighted by atomic mass is 32.1. The SMILES string of the molecule is Cc1nc(C(=O)N2CCOC3(CN(C(=O)COc4ccccc4)CCO3)C2)cs1. The van der Waals surface area contributed by atoms with E-state index in [9.17, 15) is 9.59 Å². The number of amides is 2. The third kappa shape index (κ3) is 4.58. The van der Waals surface area contributed by atoms with E-state index in [4.69, 9.17) is 14.2 Å². The second-order valence-electron chi connectivity index (χ2n) is 7.00. The topological polar surface area (TPSA) is 81.2 Å². The number of nitrogens with zero attached hydrogens (tertiary/aromatic N) is 3. The summed E-state index contributed by atoms with van der Waals surface area (Å²) < 4.78 is 17.4. The van der Waals surface area contributed by atoms with E-state index in [1.54, 1.807) is 15.2 Å². The molecule has 1 aromatic carbocycles. The van der Waals surface area contributed by atoms with Gasteiger partial charge in [-0.2, -0.15) is 0 Å². The van der Waals surface area contributed by atoms with Gasteiger partial charge in [0.2, 0.25) is 5.79 Å². The molecule has 0 bridgehead atoms. The number of aryl methyl sites for hydroxylation is 1. The molecule has 1 atom stereocenters. The zero-order chi connectivity index (χ0) is 20.3. The van der Waals surface area contributed by atoms with Crippen molar-refractivity contribution in [3.63, 3.8) is 0 Å². The minimum absolute atomic E-state index is 0.0547. The fourth-order valence-electron chi connectivity index (χ4n) is 3.46. The average molecular weight is 417 g/mol. The highest BCUT2D eigenvalue weighted by molar-refractivity contribution is 7.09. The highest BCUT2D eigenvalue weighted by Crippen LogP contribution is 2.26. The predicted octanol–water partition coefficient (Wildman–Crippen LogP) is 1.56. The summed E-state index contributed by atoms with van der Waals surface area (Å²) in [5.41, 5.74) is 0.435. The molecule has 2 fully saturated rings. The zero-order valence-electron chi connectivity index (χ0n) is 16.2. The van der Waals surface area contributed by atoms with Crippen LogP contribution in [-0.2, 0) is 14.3 Å². The number of carbonyl (C=O) groups excluding carboxylic acids is 2. The molecule has 29 heavy (non-hydrogen) atoms. The van der Waals surface area contributed by atoms with Gasteiger partial charge in [-0.3, -0.25) is 9.59 Å². The summed E-state index contributed by atoms with van der Waals surface area (Å²) >= 11 is 1.44. The lowest BCUT2D eigenvalue weighted by Gasteiger charge is -2.47. The standard InChI is InChI=1S/C20H23N3O5S/c1-15-21-17(12-29-15)19(25)23-8-10-28-20(14-23)13-22(7-9-27-20)18(24)11-26-16-5-3-2-4-6-16/h2-6,12H,7-11,13-14H2,1H3. The number of rotatable bonds is 4. The molecule has 1 aromatic heterocycles. The molecule has 8 nitrogen and oxygen atoms in total. The van der Waals surface area contributed by atoms with Gasteiger partial charge in [-0.1, -0.05) is 18.2 Å². The molecule has 3 heterocycles. The lowest BCUT2D eigenvalue weighted by Crippen LogP contribution is -2.64. The van der Waals surface area contributed by atoms with Gasteiger partial charge in [0, 0.05) is 18.5 Å². The van der Waals surface area contributed by atoms with Crippen LogP contribution in [0.2, 0.25) is 0 Å². The first-order valence-corrected chi connectivity index (χ1v) is 10.4. The van der Waals surface area contributed by atoms with Gasteiger partial charge in [-0.05, 0) is 19.1 Å². The number of morpholine rings is 2. The number of ether oxygens (including phenoxy) is 3. The van der Waals surface area contributed by atoms with Crippen molar-refractivity contribution in [2.75, 3.05) is 46.0 Å². The van der Waals surface area contributed by atoms with E-state index >= 15 is 0 Å². The number of carbonyl (C=O) groups is 2. The van der Waals surface area contributed by atoms with E-state index in [2.05, 4.69) is 4.98 Å². The Hall–Kier alpha value is -2.49. The molecular formula is C20H23N3O5S. The first kappa shape index (κ1) is 19.8. The molecule has 4 rings (SSSR count). The van der Waals surface area contributed by atoms with Crippen molar-refractivity contribution in [3.8, 4) is 5.75 Å². The normalized spacial score (nSPS) is 22.0. The molecular weight excluding hydrogens is 394 g/mol. The maximum absolute atomic E-state index is 12.8. The summed E-state index contributed by atoms with van der Waals surface area (Å²) in [7, 11) is 0. The first-order valence-electron chi connectivity index (χ1n) is 9.50. The van der Waals surface area contributed by atoms with Gasteiger partial charge in [0.25, 0.3) is 11.8 Å². The van der Waals surface area contributed by atoms with E-state index in [0.717, 1.165) is 5.01 Å². The van der Waals surface area contributed by atoms with Crippen LogP contribution in [0.25, 0.3) is 0 Å². The van der Waals surface area contributed by atoms with Crippen molar-refractivity contribution in [2.45, 2.75) is 12.7 Å². The lowest BCUT2D eigenvalue weighted by molar-refractivity contribution is -0.284. The molecule has 2 amide bonds. The number of para-hydroxylation sites is 1. The molecule has 0 N–H and O–H groups in total. The molecule has 0 saturated carbocycles. The Morgan fingerprint density at radius 2 is 1.83 bits per heavy atom. The molecule has 9 heteroatoms. The summed E-state index contributed by atoms with van der Waals surface area (Å²) in [5, 5.41) is 2.61. The van der Waals surface area contributed by atoms with Crippen LogP contribution in [0.15, 0.2) is 35.7 Å². The molecule has 2 aliphatic heterocycles. The molecule has 154 valence electrons. The Morgan fingerprint density at radius 3 is 2.52 bits per heavy atom. The number of benzene rings is 1. The monoisotopic (exact) mass is 417 g/mol. The Morgan fingerprint density at radius 1 is 1.14 bits per heavy atom. The average Bonchev–Trinajstić information content (AvgIpc) is 3.18. The Labute approximate surface area is 173 Å². The predicted molar refractivity (Wildman–Crippen MR) is 106 cm³/mol. The largest absolute Gasteiger partial charge is 0.484 e. The summed E-state index contributed by atoms with van der Waals surface area (Å²) in [5.74, 6) is -0.650. The highest BCUT2D eigenvalue weighted by Gasteiger charge is 2.44. The van der Waals surface area contributed by atoms with Crippen LogP contribution >= 0.6 is 11.3 Å². The van der Waals surface area contributed by atoms with Gasteiger partial charge in [0.05, 0.1) is 31.3 Å². The number of hydrogen-bond donors (Lipinski definition) is 0. The number of hydrogen-bond acceptors (Lipinski definition) is 7. The van der Waals surface area contributed by atoms with Crippen LogP contribution in [-0.4, -0.2) is 78.4 Å². The molecule has 0 aliphatic carbocycles. The van der Waals surface area contributed by atoms with Gasteiger partial charge in [-0.15, -0.1) is 11.3 Å². The van der Waals surface area contributed by atoms with Gasteiger partial charge in [-0.25, -0.2) is 4.98 Å². The smallest absolute Gasteiger partial charge is 0.273 e. The van der Waals surface area contributed by atoms with Crippen LogP contribution in [0.5, 0.6) is 5.75 Å². The van der Waals surface area contributed by atoms with Gasteiger partial charge in [0.1, 0.15) is 11.4 Å². The van der Waals surface area contributed by atoms with Crippen LogP contribution in [0.4, 0.5) is 0 Å². The summed E-state index contributed by atoms with van der Waals surface area (Å²) in [6, 6.07) is 9.22. The van der Waals surface area contributed by atoms with E-state index < -0.39 is 5.79 Å². The third-order valence-corrected chi connectivity index (χ3v) is 5.67. The second-order valence-corrected chi connectivity index (χ2v) is 8.07. The lowest BCUT2D eigenvalue weighted by atomic mass is 10.1. The van der Waals surface area contributed by atoms with Crippen molar-refractivity contribution < 1.29 is 23.8 Å². The molecule has 0 radical (unpaired) electrons. The van der Waals surface area contributed by atoms with Crippen molar-refractivity contribution in [1.29, 1.82) is 0 Å². The van der Waals surface area contributed by atoms with E-state index in [0.29, 0.717) is 37.7 Å². The van der Waals surface area contributed by atoms with Gasteiger partial charge >= 0.3 is 0 Å². The number of aromatic nitrogens is 1. The van der Waals surface area contributed by atoms with Crippen molar-refractivity contribution in [2.24, 2.45) is 0 Å². The summed E-state index contributed by atoms with van der Waals surface area (Å²) in [4.78, 5) is 33.1. The fourth-order valence-corrected chi connectivity index (χ4v) is 4.05. The minimum Gasteiger partial charge on any atom is -0.484 e. The van der Waals surface area contributed by atoms with E-state index in [1.807, 2.05) is 37.3 Å². The number of thiazole rings is 1. The first-order chi connectivity index (χ1) is 14.0. The fraction of sp³-hybridized carbons (Fsp3) is 0.450. The van der Waals surface area contributed by atoms with Gasteiger partial charge < -0.3 is 24.0 Å².